The molecule has 1 aromatic rings. The minimum Gasteiger partial charge on any atom is -0.336 e. The largest absolute Gasteiger partial charge is 0.336 e. The Bertz CT molecular complexity index is 464. The van der Waals surface area contributed by atoms with E-state index in [0.717, 1.165) is 18.9 Å². The second-order valence-electron chi connectivity index (χ2n) is 4.21. The van der Waals surface area contributed by atoms with E-state index in [0.29, 0.717) is 6.54 Å². The van der Waals surface area contributed by atoms with Gasteiger partial charge in [0, 0.05) is 12.6 Å². The summed E-state index contributed by atoms with van der Waals surface area (Å²) >= 11 is 2.96. The van der Waals surface area contributed by atoms with Gasteiger partial charge in [-0.15, -0.1) is 0 Å². The molecular weight excluding hydrogens is 292 g/mol. The standard InChI is InChI=1S/C12H12BrF2NO/c1-7-3-2-6-16(7)12(17)10-9(14)5-4-8(13)11(10)15/h4-5,7H,2-3,6H2,1H3. The Morgan fingerprint density at radius 2 is 2.18 bits per heavy atom. The molecule has 1 fully saturated rings. The molecule has 17 heavy (non-hydrogen) atoms. The van der Waals surface area contributed by atoms with Gasteiger partial charge in [-0.25, -0.2) is 8.78 Å². The van der Waals surface area contributed by atoms with Crippen molar-refractivity contribution in [2.75, 3.05) is 6.54 Å². The normalized spacial score (nSPS) is 19.8. The van der Waals surface area contributed by atoms with Crippen LogP contribution in [0.2, 0.25) is 0 Å². The summed E-state index contributed by atoms with van der Waals surface area (Å²) in [7, 11) is 0. The second-order valence-corrected chi connectivity index (χ2v) is 5.06. The van der Waals surface area contributed by atoms with Gasteiger partial charge in [-0.3, -0.25) is 4.79 Å². The number of halogens is 3. The molecule has 1 atom stereocenters. The lowest BCUT2D eigenvalue weighted by atomic mass is 10.1. The SMILES string of the molecule is CC1CCCN1C(=O)c1c(F)ccc(Br)c1F. The number of hydrogen-bond acceptors (Lipinski definition) is 1. The first-order valence-corrected chi connectivity index (χ1v) is 6.26. The van der Waals surface area contributed by atoms with Crippen LogP contribution in [0.1, 0.15) is 30.1 Å². The summed E-state index contributed by atoms with van der Waals surface area (Å²) in [5.74, 6) is -2.20. The Morgan fingerprint density at radius 1 is 1.47 bits per heavy atom. The average molecular weight is 304 g/mol. The van der Waals surface area contributed by atoms with E-state index in [1.165, 1.54) is 11.0 Å². The van der Waals surface area contributed by atoms with E-state index in [-0.39, 0.29) is 10.5 Å². The van der Waals surface area contributed by atoms with Crippen LogP contribution >= 0.6 is 15.9 Å². The number of carbonyl (C=O) groups excluding carboxylic acids is 1. The maximum Gasteiger partial charge on any atom is 0.260 e. The number of amides is 1. The van der Waals surface area contributed by atoms with Crippen LogP contribution in [0, 0.1) is 11.6 Å². The lowest BCUT2D eigenvalue weighted by Crippen LogP contribution is -2.34. The zero-order chi connectivity index (χ0) is 12.6. The first-order valence-electron chi connectivity index (χ1n) is 5.47. The number of carbonyl (C=O) groups is 1. The number of nitrogens with zero attached hydrogens (tertiary/aromatic N) is 1. The summed E-state index contributed by atoms with van der Waals surface area (Å²) in [4.78, 5) is 13.6. The zero-order valence-electron chi connectivity index (χ0n) is 9.34. The highest BCUT2D eigenvalue weighted by atomic mass is 79.9. The van der Waals surface area contributed by atoms with E-state index < -0.39 is 23.1 Å². The van der Waals surface area contributed by atoms with E-state index in [1.54, 1.807) is 0 Å². The third kappa shape index (κ3) is 2.20. The van der Waals surface area contributed by atoms with Crippen LogP contribution in [0.15, 0.2) is 16.6 Å². The molecule has 0 bridgehead atoms. The molecule has 1 amide bonds. The van der Waals surface area contributed by atoms with Crippen molar-refractivity contribution >= 4 is 21.8 Å². The Kier molecular flexibility index (Phi) is 3.47. The smallest absolute Gasteiger partial charge is 0.260 e. The minimum absolute atomic E-state index is 0.0419. The second kappa shape index (κ2) is 4.72. The van der Waals surface area contributed by atoms with Gasteiger partial charge in [0.1, 0.15) is 11.4 Å². The fourth-order valence-corrected chi connectivity index (χ4v) is 2.43. The molecule has 1 aliphatic rings. The van der Waals surface area contributed by atoms with E-state index in [1.807, 2.05) is 6.92 Å². The van der Waals surface area contributed by atoms with Crippen molar-refractivity contribution < 1.29 is 13.6 Å². The molecule has 0 saturated carbocycles. The number of rotatable bonds is 1. The van der Waals surface area contributed by atoms with Crippen LogP contribution in [0.4, 0.5) is 8.78 Å². The molecule has 1 aliphatic heterocycles. The highest BCUT2D eigenvalue weighted by Crippen LogP contribution is 2.26. The van der Waals surface area contributed by atoms with Crippen LogP contribution in [0.5, 0.6) is 0 Å². The van der Waals surface area contributed by atoms with Crippen LogP contribution in [0.3, 0.4) is 0 Å². The molecule has 92 valence electrons. The van der Waals surface area contributed by atoms with Crippen molar-refractivity contribution in [3.63, 3.8) is 0 Å². The van der Waals surface area contributed by atoms with Crippen molar-refractivity contribution in [1.29, 1.82) is 0 Å². The fraction of sp³-hybridized carbons (Fsp3) is 0.417. The van der Waals surface area contributed by atoms with Crippen molar-refractivity contribution in [1.82, 2.24) is 4.90 Å². The monoisotopic (exact) mass is 303 g/mol. The highest BCUT2D eigenvalue weighted by molar-refractivity contribution is 9.10. The van der Waals surface area contributed by atoms with Crippen molar-refractivity contribution in [2.24, 2.45) is 0 Å². The number of benzene rings is 1. The van der Waals surface area contributed by atoms with Crippen molar-refractivity contribution in [3.05, 3.63) is 33.8 Å². The highest BCUT2D eigenvalue weighted by Gasteiger charge is 2.30. The van der Waals surface area contributed by atoms with Gasteiger partial charge in [-0.1, -0.05) is 0 Å². The summed E-state index contributed by atoms with van der Waals surface area (Å²) in [5.41, 5.74) is -0.465. The Balaban J connectivity index is 2.40. The van der Waals surface area contributed by atoms with Gasteiger partial charge in [0.05, 0.1) is 4.47 Å². The number of likely N-dealkylation sites (tertiary alicyclic amines) is 1. The predicted octanol–water partition coefficient (Wildman–Crippen LogP) is 3.35. The molecule has 2 nitrogen and oxygen atoms in total. The third-order valence-electron chi connectivity index (χ3n) is 3.07. The Labute approximate surface area is 107 Å². The van der Waals surface area contributed by atoms with Gasteiger partial charge in [0.15, 0.2) is 5.82 Å². The van der Waals surface area contributed by atoms with E-state index in [4.69, 9.17) is 0 Å². The molecule has 1 aromatic carbocycles. The zero-order valence-corrected chi connectivity index (χ0v) is 10.9. The lowest BCUT2D eigenvalue weighted by Gasteiger charge is -2.22. The van der Waals surface area contributed by atoms with Crippen LogP contribution < -0.4 is 0 Å². The van der Waals surface area contributed by atoms with Crippen LogP contribution in [-0.2, 0) is 0 Å². The third-order valence-corrected chi connectivity index (χ3v) is 3.68. The molecule has 0 N–H and O–H groups in total. The summed E-state index contributed by atoms with van der Waals surface area (Å²) in [6.07, 6.45) is 1.76. The summed E-state index contributed by atoms with van der Waals surface area (Å²) < 4.78 is 27.4. The average Bonchev–Trinajstić information content (AvgIpc) is 2.70. The molecule has 0 radical (unpaired) electrons. The quantitative estimate of drug-likeness (QED) is 0.729. The number of hydrogen-bond donors (Lipinski definition) is 0. The molecule has 1 heterocycles. The van der Waals surface area contributed by atoms with Gasteiger partial charge in [0.25, 0.3) is 5.91 Å². The van der Waals surface area contributed by atoms with Crippen molar-refractivity contribution in [2.45, 2.75) is 25.8 Å². The summed E-state index contributed by atoms with van der Waals surface area (Å²) in [6, 6.07) is 2.40. The van der Waals surface area contributed by atoms with Crippen molar-refractivity contribution in [3.8, 4) is 0 Å². The lowest BCUT2D eigenvalue weighted by molar-refractivity contribution is 0.0737. The van der Waals surface area contributed by atoms with Gasteiger partial charge in [-0.05, 0) is 47.8 Å². The molecule has 1 unspecified atom stereocenters. The van der Waals surface area contributed by atoms with Gasteiger partial charge in [0.2, 0.25) is 0 Å². The molecular formula is C12H12BrF2NO. The Morgan fingerprint density at radius 3 is 2.76 bits per heavy atom. The first-order chi connectivity index (χ1) is 8.02. The summed E-state index contributed by atoms with van der Waals surface area (Å²) in [5, 5.41) is 0. The molecule has 5 heteroatoms. The van der Waals surface area contributed by atoms with Crippen LogP contribution in [0.25, 0.3) is 0 Å². The van der Waals surface area contributed by atoms with E-state index in [9.17, 15) is 13.6 Å². The fourth-order valence-electron chi connectivity index (χ4n) is 2.10. The molecule has 0 spiro atoms. The molecule has 0 aliphatic carbocycles. The molecule has 1 saturated heterocycles. The van der Waals surface area contributed by atoms with E-state index >= 15 is 0 Å². The van der Waals surface area contributed by atoms with Gasteiger partial charge < -0.3 is 4.90 Å². The van der Waals surface area contributed by atoms with E-state index in [2.05, 4.69) is 15.9 Å². The van der Waals surface area contributed by atoms with Gasteiger partial charge in [-0.2, -0.15) is 0 Å². The first kappa shape index (κ1) is 12.5. The summed E-state index contributed by atoms with van der Waals surface area (Å²) in [6.45, 7) is 2.45. The topological polar surface area (TPSA) is 20.3 Å². The maximum atomic E-state index is 13.8. The predicted molar refractivity (Wildman–Crippen MR) is 63.8 cm³/mol. The molecule has 0 aromatic heterocycles. The Hall–Kier alpha value is -0.970. The van der Waals surface area contributed by atoms with Crippen LogP contribution in [-0.4, -0.2) is 23.4 Å². The minimum atomic E-state index is -0.825. The maximum absolute atomic E-state index is 13.8. The van der Waals surface area contributed by atoms with Gasteiger partial charge >= 0.3 is 0 Å². The molecule has 2 rings (SSSR count).